The van der Waals surface area contributed by atoms with Gasteiger partial charge in [0, 0.05) is 17.8 Å². The second-order valence-electron chi connectivity index (χ2n) is 10.5. The standard InChI is InChI=1S/C33H48N2O4/c1-4-5-6-7-8-9-10-11-12-13-14-15-16-17-21-31(36)39-32(37)28-22-24-29(25-23-28)34-33(38)35-30-20-18-19-26(2)27(30)3/h18-20,22-25H,4-17,21H2,1-3H3,(H2,34,35,38). The Morgan fingerprint density at radius 1 is 0.667 bits per heavy atom. The first kappa shape index (κ1) is 32.1. The number of carbonyl (C=O) groups excluding carboxylic acids is 3. The van der Waals surface area contributed by atoms with Crippen molar-refractivity contribution >= 4 is 29.3 Å². The Kier molecular flexibility index (Phi) is 15.6. The van der Waals surface area contributed by atoms with E-state index in [4.69, 9.17) is 4.74 Å². The summed E-state index contributed by atoms with van der Waals surface area (Å²) in [6, 6.07) is 11.6. The van der Waals surface area contributed by atoms with E-state index < -0.39 is 11.9 Å². The van der Waals surface area contributed by atoms with Crippen LogP contribution < -0.4 is 10.6 Å². The number of ether oxygens (including phenoxy) is 1. The molecule has 0 aliphatic rings. The smallest absolute Gasteiger partial charge is 0.345 e. The van der Waals surface area contributed by atoms with Crippen LogP contribution in [-0.2, 0) is 9.53 Å². The summed E-state index contributed by atoms with van der Waals surface area (Å²) in [4.78, 5) is 36.7. The molecule has 0 radical (unpaired) electrons. The average Bonchev–Trinajstić information content (AvgIpc) is 2.91. The Morgan fingerprint density at radius 2 is 1.21 bits per heavy atom. The molecule has 0 atom stereocenters. The predicted octanol–water partition coefficient (Wildman–Crippen LogP) is 9.50. The first-order valence-corrected chi connectivity index (χ1v) is 14.9. The molecule has 0 aromatic heterocycles. The number of rotatable bonds is 18. The molecule has 39 heavy (non-hydrogen) atoms. The van der Waals surface area contributed by atoms with E-state index in [0.29, 0.717) is 5.69 Å². The van der Waals surface area contributed by atoms with Gasteiger partial charge in [0.05, 0.1) is 5.56 Å². The number of nitrogens with one attached hydrogen (secondary N) is 2. The molecule has 0 aliphatic carbocycles. The first-order chi connectivity index (χ1) is 18.9. The summed E-state index contributed by atoms with van der Waals surface area (Å²) < 4.78 is 5.00. The number of hydrogen-bond donors (Lipinski definition) is 2. The van der Waals surface area contributed by atoms with Gasteiger partial charge in [-0.1, -0.05) is 103 Å². The minimum atomic E-state index is -0.670. The van der Waals surface area contributed by atoms with Gasteiger partial charge < -0.3 is 15.4 Å². The van der Waals surface area contributed by atoms with Crippen molar-refractivity contribution in [2.45, 2.75) is 117 Å². The van der Waals surface area contributed by atoms with Crippen molar-refractivity contribution < 1.29 is 19.1 Å². The molecule has 6 heteroatoms. The Morgan fingerprint density at radius 3 is 1.77 bits per heavy atom. The second-order valence-corrected chi connectivity index (χ2v) is 10.5. The highest BCUT2D eigenvalue weighted by atomic mass is 16.6. The number of unbranched alkanes of at least 4 members (excludes halogenated alkanes) is 13. The number of amides is 2. The fourth-order valence-corrected chi connectivity index (χ4v) is 4.54. The van der Waals surface area contributed by atoms with Gasteiger partial charge in [0.2, 0.25) is 0 Å². The van der Waals surface area contributed by atoms with Gasteiger partial charge >= 0.3 is 18.0 Å². The number of urea groups is 1. The molecule has 0 unspecified atom stereocenters. The third kappa shape index (κ3) is 13.5. The minimum Gasteiger partial charge on any atom is -0.389 e. The number of carbonyl (C=O) groups is 3. The van der Waals surface area contributed by atoms with Gasteiger partial charge in [0.15, 0.2) is 0 Å². The van der Waals surface area contributed by atoms with Gasteiger partial charge in [-0.05, 0) is 61.7 Å². The zero-order valence-electron chi connectivity index (χ0n) is 24.3. The molecule has 0 saturated carbocycles. The Balaban J connectivity index is 1.54. The van der Waals surface area contributed by atoms with E-state index in [2.05, 4.69) is 17.6 Å². The lowest BCUT2D eigenvalue weighted by Crippen LogP contribution is -2.20. The van der Waals surface area contributed by atoms with Crippen LogP contribution in [0.5, 0.6) is 0 Å². The van der Waals surface area contributed by atoms with E-state index in [0.717, 1.165) is 36.1 Å². The lowest BCUT2D eigenvalue weighted by atomic mass is 10.0. The molecule has 0 fully saturated rings. The van der Waals surface area contributed by atoms with Gasteiger partial charge in [0.1, 0.15) is 0 Å². The van der Waals surface area contributed by atoms with Crippen LogP contribution in [0.15, 0.2) is 42.5 Å². The summed E-state index contributed by atoms with van der Waals surface area (Å²) in [6.45, 7) is 6.19. The van der Waals surface area contributed by atoms with Crippen molar-refractivity contribution in [1.29, 1.82) is 0 Å². The molecule has 2 N–H and O–H groups in total. The molecule has 0 spiro atoms. The van der Waals surface area contributed by atoms with Crippen LogP contribution in [0, 0.1) is 13.8 Å². The van der Waals surface area contributed by atoms with Crippen molar-refractivity contribution in [3.05, 3.63) is 59.2 Å². The quantitative estimate of drug-likeness (QED) is 0.113. The largest absolute Gasteiger partial charge is 0.389 e. The summed E-state index contributed by atoms with van der Waals surface area (Å²) in [5, 5.41) is 5.57. The van der Waals surface area contributed by atoms with E-state index in [1.54, 1.807) is 12.1 Å². The van der Waals surface area contributed by atoms with Crippen LogP contribution in [0.3, 0.4) is 0 Å². The van der Waals surface area contributed by atoms with Gasteiger partial charge in [-0.25, -0.2) is 9.59 Å². The number of hydrogen-bond acceptors (Lipinski definition) is 4. The molecule has 2 amide bonds. The van der Waals surface area contributed by atoms with Gasteiger partial charge in [0.25, 0.3) is 0 Å². The van der Waals surface area contributed by atoms with Gasteiger partial charge in [-0.2, -0.15) is 0 Å². The highest BCUT2D eigenvalue weighted by molar-refractivity contribution is 6.01. The molecule has 0 bridgehead atoms. The molecular weight excluding hydrogens is 488 g/mol. The lowest BCUT2D eigenvalue weighted by molar-refractivity contribution is -0.138. The van der Waals surface area contributed by atoms with Crippen LogP contribution in [0.1, 0.15) is 125 Å². The summed E-state index contributed by atoms with van der Waals surface area (Å²) in [5.74, 6) is -1.16. The van der Waals surface area contributed by atoms with Gasteiger partial charge in [-0.15, -0.1) is 0 Å². The van der Waals surface area contributed by atoms with Crippen molar-refractivity contribution in [1.82, 2.24) is 0 Å². The Hall–Kier alpha value is -3.15. The molecule has 2 aromatic rings. The summed E-state index contributed by atoms with van der Waals surface area (Å²) in [7, 11) is 0. The molecule has 0 heterocycles. The zero-order valence-corrected chi connectivity index (χ0v) is 24.3. The average molecular weight is 537 g/mol. The number of anilines is 2. The maximum Gasteiger partial charge on any atom is 0.345 e. The highest BCUT2D eigenvalue weighted by Crippen LogP contribution is 2.19. The van der Waals surface area contributed by atoms with Crippen LogP contribution in [0.4, 0.5) is 16.2 Å². The molecule has 0 aliphatic heterocycles. The summed E-state index contributed by atoms with van der Waals surface area (Å²) >= 11 is 0. The highest BCUT2D eigenvalue weighted by Gasteiger charge is 2.13. The molecular formula is C33H48N2O4. The van der Waals surface area contributed by atoms with Crippen LogP contribution in [-0.4, -0.2) is 18.0 Å². The minimum absolute atomic E-state index is 0.252. The number of esters is 2. The number of benzene rings is 2. The van der Waals surface area contributed by atoms with E-state index in [-0.39, 0.29) is 18.0 Å². The first-order valence-electron chi connectivity index (χ1n) is 14.9. The summed E-state index contributed by atoms with van der Waals surface area (Å²) in [5.41, 5.74) is 3.64. The van der Waals surface area contributed by atoms with Crippen molar-refractivity contribution in [3.8, 4) is 0 Å². The molecule has 2 rings (SSSR count). The third-order valence-electron chi connectivity index (χ3n) is 7.17. The Labute approximate surface area is 235 Å². The van der Waals surface area contributed by atoms with E-state index in [9.17, 15) is 14.4 Å². The summed E-state index contributed by atoms with van der Waals surface area (Å²) in [6.07, 6.45) is 17.8. The maximum atomic E-state index is 12.3. The Bertz CT molecular complexity index is 1020. The van der Waals surface area contributed by atoms with Crippen LogP contribution in [0.2, 0.25) is 0 Å². The third-order valence-corrected chi connectivity index (χ3v) is 7.17. The van der Waals surface area contributed by atoms with Crippen molar-refractivity contribution in [2.75, 3.05) is 10.6 Å². The molecule has 0 saturated heterocycles. The van der Waals surface area contributed by atoms with Crippen molar-refractivity contribution in [2.24, 2.45) is 0 Å². The monoisotopic (exact) mass is 536 g/mol. The van der Waals surface area contributed by atoms with E-state index in [1.807, 2.05) is 32.0 Å². The van der Waals surface area contributed by atoms with Crippen LogP contribution >= 0.6 is 0 Å². The SMILES string of the molecule is CCCCCCCCCCCCCCCCC(=O)OC(=O)c1ccc(NC(=O)Nc2cccc(C)c2C)cc1. The predicted molar refractivity (Wildman–Crippen MR) is 160 cm³/mol. The maximum absolute atomic E-state index is 12.3. The topological polar surface area (TPSA) is 84.5 Å². The normalized spacial score (nSPS) is 10.7. The van der Waals surface area contributed by atoms with Gasteiger partial charge in [-0.3, -0.25) is 4.79 Å². The zero-order chi connectivity index (χ0) is 28.3. The molecule has 6 nitrogen and oxygen atoms in total. The van der Waals surface area contributed by atoms with Crippen molar-refractivity contribution in [3.63, 3.8) is 0 Å². The fourth-order valence-electron chi connectivity index (χ4n) is 4.54. The molecule has 214 valence electrons. The second kappa shape index (κ2) is 19.0. The lowest BCUT2D eigenvalue weighted by Gasteiger charge is -2.11. The van der Waals surface area contributed by atoms with Crippen LogP contribution in [0.25, 0.3) is 0 Å². The number of aryl methyl sites for hydroxylation is 1. The molecule has 2 aromatic carbocycles. The van der Waals surface area contributed by atoms with E-state index in [1.165, 1.54) is 82.8 Å². The van der Waals surface area contributed by atoms with E-state index >= 15 is 0 Å². The fraction of sp³-hybridized carbons (Fsp3) is 0.545.